The third-order valence-corrected chi connectivity index (χ3v) is 2.69. The maximum Gasteiger partial charge on any atom is 0.410 e. The summed E-state index contributed by atoms with van der Waals surface area (Å²) in [6, 6.07) is 0. The Morgan fingerprint density at radius 2 is 2.06 bits per heavy atom. The standard InChI is InChI=1S/C12H25N3O2/c1-12(2,3)17-11(16)15-8-10(9-15)7-14(4)6-5-13/h10H,5-9,13H2,1-4H3. The van der Waals surface area contributed by atoms with Crippen molar-refractivity contribution in [1.82, 2.24) is 9.80 Å². The highest BCUT2D eigenvalue weighted by atomic mass is 16.6. The number of likely N-dealkylation sites (tertiary alicyclic amines) is 1. The van der Waals surface area contributed by atoms with Crippen LogP contribution in [-0.2, 0) is 4.74 Å². The first-order chi connectivity index (χ1) is 7.81. The average Bonchev–Trinajstić information content (AvgIpc) is 2.07. The number of carbonyl (C=O) groups excluding carboxylic acids is 1. The van der Waals surface area contributed by atoms with E-state index in [-0.39, 0.29) is 6.09 Å². The number of nitrogens with zero attached hydrogens (tertiary/aromatic N) is 2. The van der Waals surface area contributed by atoms with E-state index in [1.165, 1.54) is 0 Å². The van der Waals surface area contributed by atoms with Crippen molar-refractivity contribution in [1.29, 1.82) is 0 Å². The molecule has 0 aliphatic carbocycles. The monoisotopic (exact) mass is 243 g/mol. The number of nitrogens with two attached hydrogens (primary N) is 1. The first-order valence-corrected chi connectivity index (χ1v) is 6.18. The summed E-state index contributed by atoms with van der Waals surface area (Å²) in [6.45, 7) is 9.83. The van der Waals surface area contributed by atoms with Crippen molar-refractivity contribution >= 4 is 6.09 Å². The summed E-state index contributed by atoms with van der Waals surface area (Å²) in [5, 5.41) is 0. The first-order valence-electron chi connectivity index (χ1n) is 6.18. The summed E-state index contributed by atoms with van der Waals surface area (Å²) in [4.78, 5) is 15.6. The minimum Gasteiger partial charge on any atom is -0.444 e. The molecule has 0 saturated carbocycles. The lowest BCUT2D eigenvalue weighted by atomic mass is 10.0. The minimum absolute atomic E-state index is 0.199. The number of amides is 1. The molecule has 0 unspecified atom stereocenters. The Labute approximate surface area is 104 Å². The maximum atomic E-state index is 11.7. The van der Waals surface area contributed by atoms with Crippen LogP contribution in [0.2, 0.25) is 0 Å². The fourth-order valence-electron chi connectivity index (χ4n) is 1.91. The topological polar surface area (TPSA) is 58.8 Å². The van der Waals surface area contributed by atoms with E-state index in [0.717, 1.165) is 26.2 Å². The van der Waals surface area contributed by atoms with E-state index in [0.29, 0.717) is 12.5 Å². The average molecular weight is 243 g/mol. The lowest BCUT2D eigenvalue weighted by Gasteiger charge is -2.41. The summed E-state index contributed by atoms with van der Waals surface area (Å²) in [5.41, 5.74) is 5.08. The van der Waals surface area contributed by atoms with Crippen molar-refractivity contribution in [3.8, 4) is 0 Å². The van der Waals surface area contributed by atoms with Gasteiger partial charge in [0.1, 0.15) is 5.60 Å². The van der Waals surface area contributed by atoms with Gasteiger partial charge in [-0.2, -0.15) is 0 Å². The molecule has 1 rings (SSSR count). The van der Waals surface area contributed by atoms with E-state index < -0.39 is 5.60 Å². The number of hydrogen-bond donors (Lipinski definition) is 1. The van der Waals surface area contributed by atoms with E-state index in [1.807, 2.05) is 20.8 Å². The van der Waals surface area contributed by atoms with E-state index in [2.05, 4.69) is 11.9 Å². The molecule has 0 bridgehead atoms. The zero-order valence-corrected chi connectivity index (χ0v) is 11.4. The quantitative estimate of drug-likeness (QED) is 0.791. The number of likely N-dealkylation sites (N-methyl/N-ethyl adjacent to an activating group) is 1. The Morgan fingerprint density at radius 3 is 2.53 bits per heavy atom. The lowest BCUT2D eigenvalue weighted by Crippen LogP contribution is -2.54. The van der Waals surface area contributed by atoms with Crippen molar-refractivity contribution in [2.45, 2.75) is 26.4 Å². The Morgan fingerprint density at radius 1 is 1.47 bits per heavy atom. The summed E-state index contributed by atoms with van der Waals surface area (Å²) in [5.74, 6) is 0.555. The van der Waals surface area contributed by atoms with E-state index in [9.17, 15) is 4.79 Å². The van der Waals surface area contributed by atoms with E-state index in [1.54, 1.807) is 4.90 Å². The molecular weight excluding hydrogens is 218 g/mol. The molecule has 1 aliphatic heterocycles. The van der Waals surface area contributed by atoms with Crippen LogP contribution >= 0.6 is 0 Å². The molecule has 1 heterocycles. The first kappa shape index (κ1) is 14.3. The highest BCUT2D eigenvalue weighted by Crippen LogP contribution is 2.19. The predicted octanol–water partition coefficient (Wildman–Crippen LogP) is 0.744. The zero-order valence-electron chi connectivity index (χ0n) is 11.4. The molecule has 5 nitrogen and oxygen atoms in total. The van der Waals surface area contributed by atoms with Crippen molar-refractivity contribution < 1.29 is 9.53 Å². The van der Waals surface area contributed by atoms with Gasteiger partial charge >= 0.3 is 6.09 Å². The van der Waals surface area contributed by atoms with Crippen LogP contribution in [0.4, 0.5) is 4.79 Å². The van der Waals surface area contributed by atoms with Crippen LogP contribution in [0.1, 0.15) is 20.8 Å². The second kappa shape index (κ2) is 5.69. The van der Waals surface area contributed by atoms with Crippen LogP contribution in [0.25, 0.3) is 0 Å². The van der Waals surface area contributed by atoms with Gasteiger partial charge in [-0.15, -0.1) is 0 Å². The SMILES string of the molecule is CN(CCN)CC1CN(C(=O)OC(C)(C)C)C1. The molecular formula is C12H25N3O2. The number of ether oxygens (including phenoxy) is 1. The second-order valence-corrected chi connectivity index (χ2v) is 5.80. The molecule has 1 fully saturated rings. The van der Waals surface area contributed by atoms with Gasteiger partial charge in [0.05, 0.1) is 0 Å². The Hall–Kier alpha value is -0.810. The van der Waals surface area contributed by atoms with Crippen LogP contribution in [0.5, 0.6) is 0 Å². The molecule has 0 aromatic carbocycles. The Bertz CT molecular complexity index is 257. The molecule has 1 saturated heterocycles. The molecule has 0 atom stereocenters. The largest absolute Gasteiger partial charge is 0.444 e. The lowest BCUT2D eigenvalue weighted by molar-refractivity contribution is -0.00506. The van der Waals surface area contributed by atoms with Gasteiger partial charge in [-0.3, -0.25) is 0 Å². The molecule has 1 aliphatic rings. The van der Waals surface area contributed by atoms with Gasteiger partial charge in [0.25, 0.3) is 0 Å². The minimum atomic E-state index is -0.404. The molecule has 0 aromatic rings. The fourth-order valence-corrected chi connectivity index (χ4v) is 1.91. The van der Waals surface area contributed by atoms with Crippen LogP contribution < -0.4 is 5.73 Å². The highest BCUT2D eigenvalue weighted by molar-refractivity contribution is 5.69. The van der Waals surface area contributed by atoms with Crippen LogP contribution in [-0.4, -0.2) is 61.3 Å². The van der Waals surface area contributed by atoms with E-state index >= 15 is 0 Å². The normalized spacial score (nSPS) is 17.2. The zero-order chi connectivity index (χ0) is 13.1. The van der Waals surface area contributed by atoms with Crippen molar-refractivity contribution in [3.63, 3.8) is 0 Å². The van der Waals surface area contributed by atoms with Gasteiger partial charge in [-0.25, -0.2) is 4.79 Å². The van der Waals surface area contributed by atoms with Gasteiger partial charge in [-0.1, -0.05) is 0 Å². The van der Waals surface area contributed by atoms with Crippen LogP contribution in [0.3, 0.4) is 0 Å². The number of carbonyl (C=O) groups is 1. The van der Waals surface area contributed by atoms with Crippen molar-refractivity contribution in [2.75, 3.05) is 39.8 Å². The summed E-state index contributed by atoms with van der Waals surface area (Å²) >= 11 is 0. The van der Waals surface area contributed by atoms with Gasteiger partial charge < -0.3 is 20.3 Å². The molecule has 2 N–H and O–H groups in total. The molecule has 0 radical (unpaired) electrons. The van der Waals surface area contributed by atoms with Crippen LogP contribution in [0.15, 0.2) is 0 Å². The highest BCUT2D eigenvalue weighted by Gasteiger charge is 2.33. The summed E-state index contributed by atoms with van der Waals surface area (Å²) in [7, 11) is 2.06. The molecule has 1 amide bonds. The Balaban J connectivity index is 2.20. The van der Waals surface area contributed by atoms with Gasteiger partial charge in [0.15, 0.2) is 0 Å². The van der Waals surface area contributed by atoms with Gasteiger partial charge in [0.2, 0.25) is 0 Å². The molecule has 100 valence electrons. The third kappa shape index (κ3) is 4.91. The summed E-state index contributed by atoms with van der Waals surface area (Å²) < 4.78 is 5.30. The Kier molecular flexibility index (Phi) is 4.77. The van der Waals surface area contributed by atoms with Gasteiger partial charge in [-0.05, 0) is 27.8 Å². The molecule has 0 spiro atoms. The smallest absolute Gasteiger partial charge is 0.410 e. The fraction of sp³-hybridized carbons (Fsp3) is 0.917. The van der Waals surface area contributed by atoms with Crippen molar-refractivity contribution in [2.24, 2.45) is 11.7 Å². The second-order valence-electron chi connectivity index (χ2n) is 5.80. The summed E-state index contributed by atoms with van der Waals surface area (Å²) in [6.07, 6.45) is -0.199. The molecule has 5 heteroatoms. The van der Waals surface area contributed by atoms with Crippen molar-refractivity contribution in [3.05, 3.63) is 0 Å². The molecule has 17 heavy (non-hydrogen) atoms. The predicted molar refractivity (Wildman–Crippen MR) is 67.8 cm³/mol. The van der Waals surface area contributed by atoms with Gasteiger partial charge in [0, 0.05) is 38.6 Å². The third-order valence-electron chi connectivity index (χ3n) is 2.69. The van der Waals surface area contributed by atoms with Crippen LogP contribution in [0, 0.1) is 5.92 Å². The number of rotatable bonds is 4. The maximum absolute atomic E-state index is 11.7. The van der Waals surface area contributed by atoms with E-state index in [4.69, 9.17) is 10.5 Å². The molecule has 0 aromatic heterocycles. The number of hydrogen-bond acceptors (Lipinski definition) is 4.